The lowest BCUT2D eigenvalue weighted by molar-refractivity contribution is 0.414. The van der Waals surface area contributed by atoms with Crippen LogP contribution < -0.4 is 4.72 Å². The first-order chi connectivity index (χ1) is 5.89. The first-order valence-corrected chi connectivity index (χ1v) is 6.51. The van der Waals surface area contributed by atoms with Gasteiger partial charge >= 0.3 is 0 Å². The van der Waals surface area contributed by atoms with Gasteiger partial charge in [0.1, 0.15) is 0 Å². The maximum absolute atomic E-state index is 11.2. The first-order valence-electron chi connectivity index (χ1n) is 4.86. The van der Waals surface area contributed by atoms with Crippen LogP contribution in [-0.4, -0.2) is 20.7 Å². The van der Waals surface area contributed by atoms with Crippen molar-refractivity contribution in [2.75, 3.05) is 12.3 Å². The maximum atomic E-state index is 11.2. The molecule has 0 spiro atoms. The van der Waals surface area contributed by atoms with E-state index >= 15 is 0 Å². The minimum atomic E-state index is -3.01. The molecule has 0 radical (unpaired) electrons. The standard InChI is InChI=1S/C9H21NO2S/c1-5-6-13(11,12)10-7-9(4)8(2)3/h8-10H,5-7H2,1-4H3. The second-order valence-corrected chi connectivity index (χ2v) is 5.82. The second-order valence-electron chi connectivity index (χ2n) is 3.89. The van der Waals surface area contributed by atoms with Crippen molar-refractivity contribution in [1.82, 2.24) is 4.72 Å². The average molecular weight is 207 g/mol. The summed E-state index contributed by atoms with van der Waals surface area (Å²) in [6.07, 6.45) is 0.672. The number of hydrogen-bond donors (Lipinski definition) is 1. The van der Waals surface area contributed by atoms with E-state index in [2.05, 4.69) is 25.5 Å². The van der Waals surface area contributed by atoms with Gasteiger partial charge in [-0.1, -0.05) is 27.7 Å². The minimum absolute atomic E-state index is 0.234. The Balaban J connectivity index is 3.88. The zero-order valence-corrected chi connectivity index (χ0v) is 9.82. The van der Waals surface area contributed by atoms with Crippen LogP contribution in [0.3, 0.4) is 0 Å². The summed E-state index contributed by atoms with van der Waals surface area (Å²) in [7, 11) is -3.01. The normalized spacial score (nSPS) is 14.8. The fourth-order valence-corrected chi connectivity index (χ4v) is 2.03. The van der Waals surface area contributed by atoms with Crippen LogP contribution in [0.15, 0.2) is 0 Å². The number of hydrogen-bond acceptors (Lipinski definition) is 2. The van der Waals surface area contributed by atoms with Gasteiger partial charge in [0.25, 0.3) is 0 Å². The average Bonchev–Trinajstić information content (AvgIpc) is 2.00. The molecular formula is C9H21NO2S. The Kier molecular flexibility index (Phi) is 5.56. The fourth-order valence-electron chi connectivity index (χ4n) is 0.835. The predicted molar refractivity (Wildman–Crippen MR) is 56.1 cm³/mol. The molecule has 0 bridgehead atoms. The summed E-state index contributed by atoms with van der Waals surface area (Å²) < 4.78 is 25.1. The lowest BCUT2D eigenvalue weighted by Gasteiger charge is -2.15. The summed E-state index contributed by atoms with van der Waals surface area (Å²) in [5, 5.41) is 0. The van der Waals surface area contributed by atoms with Crippen LogP contribution in [0.5, 0.6) is 0 Å². The van der Waals surface area contributed by atoms with Crippen molar-refractivity contribution in [3.05, 3.63) is 0 Å². The van der Waals surface area contributed by atoms with Crippen LogP contribution in [0, 0.1) is 11.8 Å². The maximum Gasteiger partial charge on any atom is 0.211 e. The van der Waals surface area contributed by atoms with E-state index in [0.29, 0.717) is 24.8 Å². The van der Waals surface area contributed by atoms with Gasteiger partial charge in [-0.15, -0.1) is 0 Å². The summed E-state index contributed by atoms with van der Waals surface area (Å²) in [5.41, 5.74) is 0. The van der Waals surface area contributed by atoms with Gasteiger partial charge in [0.05, 0.1) is 5.75 Å². The van der Waals surface area contributed by atoms with E-state index in [-0.39, 0.29) is 5.75 Å². The molecule has 0 amide bonds. The summed E-state index contributed by atoms with van der Waals surface area (Å²) in [6, 6.07) is 0. The third-order valence-electron chi connectivity index (χ3n) is 2.24. The van der Waals surface area contributed by atoms with Crippen molar-refractivity contribution in [1.29, 1.82) is 0 Å². The van der Waals surface area contributed by atoms with E-state index in [1.807, 2.05) is 6.92 Å². The van der Waals surface area contributed by atoms with Crippen molar-refractivity contribution < 1.29 is 8.42 Å². The summed E-state index contributed by atoms with van der Waals surface area (Å²) in [5.74, 6) is 1.15. The second kappa shape index (κ2) is 5.60. The highest BCUT2D eigenvalue weighted by molar-refractivity contribution is 7.89. The molecule has 0 aliphatic carbocycles. The van der Waals surface area contributed by atoms with Crippen LogP contribution >= 0.6 is 0 Å². The van der Waals surface area contributed by atoms with Crippen molar-refractivity contribution in [3.8, 4) is 0 Å². The summed E-state index contributed by atoms with van der Waals surface area (Å²) in [6.45, 7) is 8.67. The first kappa shape index (κ1) is 12.9. The Morgan fingerprint density at radius 2 is 1.77 bits per heavy atom. The van der Waals surface area contributed by atoms with Gasteiger partial charge in [-0.05, 0) is 18.3 Å². The molecule has 0 saturated heterocycles. The van der Waals surface area contributed by atoms with E-state index in [1.165, 1.54) is 0 Å². The van der Waals surface area contributed by atoms with Gasteiger partial charge in [-0.3, -0.25) is 0 Å². The Hall–Kier alpha value is -0.0900. The van der Waals surface area contributed by atoms with E-state index in [9.17, 15) is 8.42 Å². The Bertz CT molecular complexity index is 222. The quantitative estimate of drug-likeness (QED) is 0.719. The zero-order valence-electron chi connectivity index (χ0n) is 9.00. The van der Waals surface area contributed by atoms with Gasteiger partial charge in [0.15, 0.2) is 0 Å². The van der Waals surface area contributed by atoms with Gasteiger partial charge in [-0.2, -0.15) is 0 Å². The van der Waals surface area contributed by atoms with Crippen LogP contribution in [-0.2, 0) is 10.0 Å². The van der Waals surface area contributed by atoms with Crippen LogP contribution in [0.2, 0.25) is 0 Å². The molecule has 1 N–H and O–H groups in total. The molecule has 1 unspecified atom stereocenters. The van der Waals surface area contributed by atoms with Crippen LogP contribution in [0.4, 0.5) is 0 Å². The molecule has 0 rings (SSSR count). The topological polar surface area (TPSA) is 46.2 Å². The van der Waals surface area contributed by atoms with Gasteiger partial charge < -0.3 is 0 Å². The molecule has 1 atom stereocenters. The SMILES string of the molecule is CCCS(=O)(=O)NCC(C)C(C)C. The monoisotopic (exact) mass is 207 g/mol. The molecule has 0 heterocycles. The molecule has 13 heavy (non-hydrogen) atoms. The molecule has 0 aliphatic heterocycles. The highest BCUT2D eigenvalue weighted by Crippen LogP contribution is 2.08. The smallest absolute Gasteiger partial charge is 0.211 e. The molecule has 0 aromatic heterocycles. The number of rotatable bonds is 6. The molecule has 4 heteroatoms. The molecule has 0 aromatic carbocycles. The highest BCUT2D eigenvalue weighted by atomic mass is 32.2. The van der Waals surface area contributed by atoms with Gasteiger partial charge in [-0.25, -0.2) is 13.1 Å². The Morgan fingerprint density at radius 1 is 1.23 bits per heavy atom. The van der Waals surface area contributed by atoms with E-state index in [4.69, 9.17) is 0 Å². The van der Waals surface area contributed by atoms with Crippen molar-refractivity contribution in [2.24, 2.45) is 11.8 Å². The third-order valence-corrected chi connectivity index (χ3v) is 3.79. The summed E-state index contributed by atoms with van der Waals surface area (Å²) in [4.78, 5) is 0. The Labute approximate surface area is 82.0 Å². The molecular weight excluding hydrogens is 186 g/mol. The zero-order chi connectivity index (χ0) is 10.5. The molecule has 0 aliphatic rings. The van der Waals surface area contributed by atoms with Gasteiger partial charge in [0, 0.05) is 6.54 Å². The summed E-state index contributed by atoms with van der Waals surface area (Å²) >= 11 is 0. The molecule has 0 saturated carbocycles. The van der Waals surface area contributed by atoms with Crippen molar-refractivity contribution >= 4 is 10.0 Å². The molecule has 3 nitrogen and oxygen atoms in total. The largest absolute Gasteiger partial charge is 0.215 e. The number of sulfonamides is 1. The minimum Gasteiger partial charge on any atom is -0.215 e. The fraction of sp³-hybridized carbons (Fsp3) is 1.00. The van der Waals surface area contributed by atoms with E-state index < -0.39 is 10.0 Å². The predicted octanol–water partition coefficient (Wildman–Crippen LogP) is 1.61. The van der Waals surface area contributed by atoms with Crippen molar-refractivity contribution in [3.63, 3.8) is 0 Å². The van der Waals surface area contributed by atoms with E-state index in [0.717, 1.165) is 0 Å². The van der Waals surface area contributed by atoms with Crippen LogP contribution in [0.1, 0.15) is 34.1 Å². The number of nitrogens with one attached hydrogen (secondary N) is 1. The van der Waals surface area contributed by atoms with E-state index in [1.54, 1.807) is 0 Å². The molecule has 80 valence electrons. The molecule has 0 fully saturated rings. The third kappa shape index (κ3) is 6.05. The molecule has 0 aromatic rings. The lowest BCUT2D eigenvalue weighted by Crippen LogP contribution is -2.31. The van der Waals surface area contributed by atoms with Crippen molar-refractivity contribution in [2.45, 2.75) is 34.1 Å². The van der Waals surface area contributed by atoms with Crippen LogP contribution in [0.25, 0.3) is 0 Å². The highest BCUT2D eigenvalue weighted by Gasteiger charge is 2.12. The van der Waals surface area contributed by atoms with Gasteiger partial charge in [0.2, 0.25) is 10.0 Å². The lowest BCUT2D eigenvalue weighted by atomic mass is 9.99. The Morgan fingerprint density at radius 3 is 2.15 bits per heavy atom.